The minimum Gasteiger partial charge on any atom is -0.493 e. The Morgan fingerprint density at radius 2 is 2.20 bits per heavy atom. The SMILES string of the molecule is COc1cc(/C=N\n2c(C)nc3sccc3c2=O)cc2c1OCCO2. The number of aromatic nitrogens is 2. The summed E-state index contributed by atoms with van der Waals surface area (Å²) in [4.78, 5) is 17.7. The molecule has 0 amide bonds. The first-order valence-corrected chi connectivity index (χ1v) is 8.54. The van der Waals surface area contributed by atoms with Crippen LogP contribution in [-0.4, -0.2) is 36.2 Å². The maximum Gasteiger partial charge on any atom is 0.282 e. The Hall–Kier alpha value is -2.87. The van der Waals surface area contributed by atoms with Crippen molar-refractivity contribution in [1.29, 1.82) is 0 Å². The minimum absolute atomic E-state index is 0.190. The van der Waals surface area contributed by atoms with Gasteiger partial charge in [-0.05, 0) is 30.5 Å². The van der Waals surface area contributed by atoms with Gasteiger partial charge in [-0.1, -0.05) is 0 Å². The van der Waals surface area contributed by atoms with E-state index in [0.717, 1.165) is 10.4 Å². The van der Waals surface area contributed by atoms with Gasteiger partial charge in [-0.15, -0.1) is 11.3 Å². The van der Waals surface area contributed by atoms with E-state index >= 15 is 0 Å². The summed E-state index contributed by atoms with van der Waals surface area (Å²) in [7, 11) is 1.57. The molecule has 0 spiro atoms. The van der Waals surface area contributed by atoms with Gasteiger partial charge < -0.3 is 14.2 Å². The third-order valence-electron chi connectivity index (χ3n) is 3.81. The Labute approximate surface area is 147 Å². The fourth-order valence-electron chi connectivity index (χ4n) is 2.63. The topological polar surface area (TPSA) is 74.9 Å². The molecule has 3 heterocycles. The molecule has 0 bridgehead atoms. The van der Waals surface area contributed by atoms with Gasteiger partial charge in [0, 0.05) is 5.56 Å². The van der Waals surface area contributed by atoms with Crippen molar-refractivity contribution >= 4 is 27.8 Å². The Kier molecular flexibility index (Phi) is 3.89. The van der Waals surface area contributed by atoms with Crippen molar-refractivity contribution in [3.05, 3.63) is 45.3 Å². The molecular weight excluding hydrogens is 342 g/mol. The standard InChI is InChI=1S/C17H15N3O4S/c1-10-19-16-12(3-6-25-16)17(21)20(10)18-9-11-7-13(22-2)15-14(8-11)23-4-5-24-15/h3,6-9H,4-5H2,1-2H3/b18-9-. The van der Waals surface area contributed by atoms with Gasteiger partial charge in [0.1, 0.15) is 23.9 Å². The van der Waals surface area contributed by atoms with Crippen LogP contribution in [0.15, 0.2) is 33.5 Å². The predicted octanol–water partition coefficient (Wildman–Crippen LogP) is 2.43. The van der Waals surface area contributed by atoms with Crippen LogP contribution in [0, 0.1) is 6.92 Å². The van der Waals surface area contributed by atoms with Crippen LogP contribution in [0.4, 0.5) is 0 Å². The molecule has 8 heteroatoms. The summed E-state index contributed by atoms with van der Waals surface area (Å²) in [5.74, 6) is 2.28. The van der Waals surface area contributed by atoms with Gasteiger partial charge in [-0.3, -0.25) is 4.79 Å². The summed E-state index contributed by atoms with van der Waals surface area (Å²) in [5.41, 5.74) is 0.544. The second kappa shape index (κ2) is 6.21. The lowest BCUT2D eigenvalue weighted by Crippen LogP contribution is -2.20. The fraction of sp³-hybridized carbons (Fsp3) is 0.235. The second-order valence-electron chi connectivity index (χ2n) is 5.41. The molecular formula is C17H15N3O4S. The van der Waals surface area contributed by atoms with Crippen LogP contribution in [0.25, 0.3) is 10.2 Å². The highest BCUT2D eigenvalue weighted by Gasteiger charge is 2.18. The van der Waals surface area contributed by atoms with E-state index in [1.807, 2.05) is 5.38 Å². The molecule has 1 aromatic carbocycles. The van der Waals surface area contributed by atoms with Gasteiger partial charge >= 0.3 is 0 Å². The number of methoxy groups -OCH3 is 1. The number of benzene rings is 1. The first-order chi connectivity index (χ1) is 12.2. The number of hydrogen-bond acceptors (Lipinski definition) is 7. The van der Waals surface area contributed by atoms with Crippen molar-refractivity contribution < 1.29 is 14.2 Å². The maximum absolute atomic E-state index is 12.5. The zero-order valence-electron chi connectivity index (χ0n) is 13.7. The molecule has 0 fully saturated rings. The lowest BCUT2D eigenvalue weighted by atomic mass is 10.2. The highest BCUT2D eigenvalue weighted by Crippen LogP contribution is 2.39. The number of hydrogen-bond donors (Lipinski definition) is 0. The van der Waals surface area contributed by atoms with E-state index in [1.165, 1.54) is 16.0 Å². The van der Waals surface area contributed by atoms with E-state index in [2.05, 4.69) is 10.1 Å². The first-order valence-electron chi connectivity index (χ1n) is 7.66. The molecule has 1 aliphatic heterocycles. The number of ether oxygens (including phenoxy) is 3. The average Bonchev–Trinajstić information content (AvgIpc) is 3.09. The Morgan fingerprint density at radius 3 is 3.04 bits per heavy atom. The van der Waals surface area contributed by atoms with Crippen LogP contribution in [0.1, 0.15) is 11.4 Å². The molecule has 2 aromatic heterocycles. The van der Waals surface area contributed by atoms with Crippen molar-refractivity contribution in [2.75, 3.05) is 20.3 Å². The van der Waals surface area contributed by atoms with Gasteiger partial charge in [-0.25, -0.2) is 4.98 Å². The van der Waals surface area contributed by atoms with Crippen LogP contribution < -0.4 is 19.8 Å². The summed E-state index contributed by atoms with van der Waals surface area (Å²) < 4.78 is 17.8. The molecule has 0 aliphatic carbocycles. The molecule has 128 valence electrons. The van der Waals surface area contributed by atoms with E-state index in [9.17, 15) is 4.79 Å². The number of nitrogens with zero attached hydrogens (tertiary/aromatic N) is 3. The monoisotopic (exact) mass is 357 g/mol. The molecule has 0 atom stereocenters. The molecule has 4 rings (SSSR count). The summed E-state index contributed by atoms with van der Waals surface area (Å²) in [6.45, 7) is 2.72. The molecule has 0 N–H and O–H groups in total. The summed E-state index contributed by atoms with van der Waals surface area (Å²) in [6.07, 6.45) is 1.58. The Morgan fingerprint density at radius 1 is 1.36 bits per heavy atom. The third-order valence-corrected chi connectivity index (χ3v) is 4.62. The van der Waals surface area contributed by atoms with Crippen LogP contribution in [-0.2, 0) is 0 Å². The molecule has 0 radical (unpaired) electrons. The van der Waals surface area contributed by atoms with E-state index in [-0.39, 0.29) is 5.56 Å². The zero-order chi connectivity index (χ0) is 17.4. The van der Waals surface area contributed by atoms with Crippen molar-refractivity contribution in [2.45, 2.75) is 6.92 Å². The smallest absolute Gasteiger partial charge is 0.282 e. The number of rotatable bonds is 3. The van der Waals surface area contributed by atoms with Crippen LogP contribution in [0.3, 0.4) is 0 Å². The van der Waals surface area contributed by atoms with Crippen molar-refractivity contribution in [3.63, 3.8) is 0 Å². The summed E-state index contributed by atoms with van der Waals surface area (Å²) in [5, 5.41) is 6.71. The quantitative estimate of drug-likeness (QED) is 0.673. The van der Waals surface area contributed by atoms with Crippen molar-refractivity contribution in [2.24, 2.45) is 5.10 Å². The molecule has 0 unspecified atom stereocenters. The maximum atomic E-state index is 12.5. The summed E-state index contributed by atoms with van der Waals surface area (Å²) >= 11 is 1.44. The van der Waals surface area contributed by atoms with Gasteiger partial charge in [0.2, 0.25) is 5.75 Å². The average molecular weight is 357 g/mol. The molecule has 25 heavy (non-hydrogen) atoms. The molecule has 7 nitrogen and oxygen atoms in total. The van der Waals surface area contributed by atoms with E-state index < -0.39 is 0 Å². The van der Waals surface area contributed by atoms with E-state index in [1.54, 1.807) is 38.4 Å². The van der Waals surface area contributed by atoms with E-state index in [0.29, 0.717) is 41.7 Å². The lowest BCUT2D eigenvalue weighted by Gasteiger charge is -2.20. The second-order valence-corrected chi connectivity index (χ2v) is 6.30. The van der Waals surface area contributed by atoms with Gasteiger partial charge in [0.05, 0.1) is 18.7 Å². The molecule has 0 saturated heterocycles. The van der Waals surface area contributed by atoms with Gasteiger partial charge in [0.15, 0.2) is 11.5 Å². The van der Waals surface area contributed by atoms with Crippen LogP contribution in [0.5, 0.6) is 17.2 Å². The lowest BCUT2D eigenvalue weighted by molar-refractivity contribution is 0.165. The van der Waals surface area contributed by atoms with Crippen LogP contribution >= 0.6 is 11.3 Å². The number of fused-ring (bicyclic) bond motifs is 2. The third kappa shape index (κ3) is 2.74. The van der Waals surface area contributed by atoms with E-state index in [4.69, 9.17) is 14.2 Å². The van der Waals surface area contributed by atoms with Crippen molar-refractivity contribution in [3.8, 4) is 17.2 Å². The minimum atomic E-state index is -0.190. The normalized spacial score (nSPS) is 13.5. The first kappa shape index (κ1) is 15.6. The summed E-state index contributed by atoms with van der Waals surface area (Å²) in [6, 6.07) is 5.35. The molecule has 0 saturated carbocycles. The predicted molar refractivity (Wildman–Crippen MR) is 95.6 cm³/mol. The Bertz CT molecular complexity index is 1020. The van der Waals surface area contributed by atoms with Crippen LogP contribution in [0.2, 0.25) is 0 Å². The highest BCUT2D eigenvalue weighted by molar-refractivity contribution is 7.16. The Balaban J connectivity index is 1.76. The fourth-order valence-corrected chi connectivity index (χ4v) is 3.43. The van der Waals surface area contributed by atoms with Gasteiger partial charge in [-0.2, -0.15) is 9.78 Å². The highest BCUT2D eigenvalue weighted by atomic mass is 32.1. The van der Waals surface area contributed by atoms with Gasteiger partial charge in [0.25, 0.3) is 5.56 Å². The zero-order valence-corrected chi connectivity index (χ0v) is 14.5. The van der Waals surface area contributed by atoms with Crippen molar-refractivity contribution in [1.82, 2.24) is 9.66 Å². The number of aryl methyl sites for hydroxylation is 1. The largest absolute Gasteiger partial charge is 0.493 e. The molecule has 3 aromatic rings. The number of thiophene rings is 1. The molecule has 1 aliphatic rings.